The lowest BCUT2D eigenvalue weighted by molar-refractivity contribution is -0.149. The number of carboxylic acid groups (broad SMARTS) is 1. The maximum atomic E-state index is 12.6. The number of hydrogen-bond donors (Lipinski definition) is 1. The minimum Gasteiger partial charge on any atom is -0.480 e. The molecule has 2 heterocycles. The Labute approximate surface area is 141 Å². The standard InChI is InChI=1S/C18H22N2O4/c21-16-11-14(17(22)20-9-4-7-15(20)18(23)24)12-19(16)10-8-13-5-2-1-3-6-13/h1-3,5-6,14-15H,4,7-12H2,(H,23,24)/t14-,15+/m0/s1. The monoisotopic (exact) mass is 330 g/mol. The van der Waals surface area contributed by atoms with Crippen LogP contribution in [-0.2, 0) is 20.8 Å². The van der Waals surface area contributed by atoms with Crippen LogP contribution in [0.2, 0.25) is 0 Å². The number of benzene rings is 1. The molecule has 0 aromatic heterocycles. The summed E-state index contributed by atoms with van der Waals surface area (Å²) in [5, 5.41) is 9.22. The summed E-state index contributed by atoms with van der Waals surface area (Å²) in [5.41, 5.74) is 1.16. The number of aliphatic carboxylic acids is 1. The summed E-state index contributed by atoms with van der Waals surface area (Å²) >= 11 is 0. The number of likely N-dealkylation sites (tertiary alicyclic amines) is 2. The van der Waals surface area contributed by atoms with Crippen molar-refractivity contribution in [2.75, 3.05) is 19.6 Å². The molecule has 0 bridgehead atoms. The van der Waals surface area contributed by atoms with Crippen molar-refractivity contribution in [3.63, 3.8) is 0 Å². The molecule has 2 amide bonds. The van der Waals surface area contributed by atoms with E-state index in [0.717, 1.165) is 12.0 Å². The van der Waals surface area contributed by atoms with Crippen LogP contribution >= 0.6 is 0 Å². The van der Waals surface area contributed by atoms with Gasteiger partial charge >= 0.3 is 5.97 Å². The molecule has 1 aromatic carbocycles. The second-order valence-electron chi connectivity index (χ2n) is 6.50. The highest BCUT2D eigenvalue weighted by atomic mass is 16.4. The predicted octanol–water partition coefficient (Wildman–Crippen LogP) is 1.15. The molecule has 2 aliphatic rings. The van der Waals surface area contributed by atoms with Gasteiger partial charge in [0.2, 0.25) is 11.8 Å². The molecule has 2 atom stereocenters. The maximum absolute atomic E-state index is 12.6. The minimum atomic E-state index is -0.953. The van der Waals surface area contributed by atoms with Gasteiger partial charge in [0.25, 0.3) is 0 Å². The zero-order valence-electron chi connectivity index (χ0n) is 13.6. The molecule has 0 spiro atoms. The van der Waals surface area contributed by atoms with Crippen molar-refractivity contribution in [3.05, 3.63) is 35.9 Å². The van der Waals surface area contributed by atoms with E-state index in [1.54, 1.807) is 4.90 Å². The Morgan fingerprint density at radius 3 is 2.67 bits per heavy atom. The third kappa shape index (κ3) is 3.42. The van der Waals surface area contributed by atoms with Gasteiger partial charge in [-0.3, -0.25) is 9.59 Å². The topological polar surface area (TPSA) is 77.9 Å². The fourth-order valence-electron chi connectivity index (χ4n) is 3.58. The molecule has 0 radical (unpaired) electrons. The van der Waals surface area contributed by atoms with Crippen LogP contribution in [-0.4, -0.2) is 58.4 Å². The van der Waals surface area contributed by atoms with Gasteiger partial charge < -0.3 is 14.9 Å². The minimum absolute atomic E-state index is 0.0182. The van der Waals surface area contributed by atoms with E-state index in [2.05, 4.69) is 0 Å². The Morgan fingerprint density at radius 2 is 1.96 bits per heavy atom. The van der Waals surface area contributed by atoms with E-state index in [1.165, 1.54) is 4.90 Å². The van der Waals surface area contributed by atoms with Crippen molar-refractivity contribution in [2.45, 2.75) is 31.7 Å². The molecule has 0 unspecified atom stereocenters. The lowest BCUT2D eigenvalue weighted by Crippen LogP contribution is -2.44. The number of carbonyl (C=O) groups is 3. The van der Waals surface area contributed by atoms with Gasteiger partial charge in [0.15, 0.2) is 0 Å². The molecule has 128 valence electrons. The van der Waals surface area contributed by atoms with Crippen molar-refractivity contribution in [3.8, 4) is 0 Å². The molecule has 2 aliphatic heterocycles. The Hall–Kier alpha value is -2.37. The Balaban J connectivity index is 1.58. The van der Waals surface area contributed by atoms with Crippen molar-refractivity contribution in [1.29, 1.82) is 0 Å². The van der Waals surface area contributed by atoms with E-state index < -0.39 is 17.9 Å². The van der Waals surface area contributed by atoms with Crippen LogP contribution in [0.25, 0.3) is 0 Å². The first-order valence-corrected chi connectivity index (χ1v) is 8.41. The SMILES string of the molecule is O=C(O)[C@H]1CCCN1C(=O)[C@H]1CC(=O)N(CCc2ccccc2)C1. The van der Waals surface area contributed by atoms with E-state index in [0.29, 0.717) is 32.5 Å². The summed E-state index contributed by atoms with van der Waals surface area (Å²) in [6.45, 7) is 1.47. The highest BCUT2D eigenvalue weighted by molar-refractivity contribution is 5.91. The molecule has 24 heavy (non-hydrogen) atoms. The quantitative estimate of drug-likeness (QED) is 0.878. The molecule has 2 fully saturated rings. The summed E-state index contributed by atoms with van der Waals surface area (Å²) < 4.78 is 0. The van der Waals surface area contributed by atoms with Gasteiger partial charge in [-0.05, 0) is 24.8 Å². The molecular formula is C18H22N2O4. The van der Waals surface area contributed by atoms with E-state index in [-0.39, 0.29) is 18.2 Å². The van der Waals surface area contributed by atoms with Crippen molar-refractivity contribution < 1.29 is 19.5 Å². The van der Waals surface area contributed by atoms with E-state index >= 15 is 0 Å². The molecule has 0 saturated carbocycles. The predicted molar refractivity (Wildman–Crippen MR) is 87.2 cm³/mol. The van der Waals surface area contributed by atoms with Gasteiger partial charge in [-0.2, -0.15) is 0 Å². The van der Waals surface area contributed by atoms with Crippen LogP contribution < -0.4 is 0 Å². The number of carboxylic acids is 1. The first-order valence-electron chi connectivity index (χ1n) is 8.41. The van der Waals surface area contributed by atoms with Crippen LogP contribution in [0.5, 0.6) is 0 Å². The fourth-order valence-corrected chi connectivity index (χ4v) is 3.58. The number of nitrogens with zero attached hydrogens (tertiary/aromatic N) is 2. The average molecular weight is 330 g/mol. The Morgan fingerprint density at radius 1 is 1.21 bits per heavy atom. The van der Waals surface area contributed by atoms with Gasteiger partial charge in [-0.25, -0.2) is 4.79 Å². The number of carbonyl (C=O) groups excluding carboxylic acids is 2. The van der Waals surface area contributed by atoms with E-state index in [4.69, 9.17) is 0 Å². The van der Waals surface area contributed by atoms with Crippen LogP contribution in [0, 0.1) is 5.92 Å². The second-order valence-corrected chi connectivity index (χ2v) is 6.50. The molecular weight excluding hydrogens is 308 g/mol. The number of hydrogen-bond acceptors (Lipinski definition) is 3. The highest BCUT2D eigenvalue weighted by Crippen LogP contribution is 2.25. The lowest BCUT2D eigenvalue weighted by Gasteiger charge is -2.24. The van der Waals surface area contributed by atoms with Crippen molar-refractivity contribution >= 4 is 17.8 Å². The van der Waals surface area contributed by atoms with E-state index in [1.807, 2.05) is 30.3 Å². The molecule has 0 aliphatic carbocycles. The van der Waals surface area contributed by atoms with E-state index in [9.17, 15) is 19.5 Å². The van der Waals surface area contributed by atoms with Gasteiger partial charge in [-0.1, -0.05) is 30.3 Å². The molecule has 2 saturated heterocycles. The fraction of sp³-hybridized carbons (Fsp3) is 0.500. The average Bonchev–Trinajstić information content (AvgIpc) is 3.20. The zero-order valence-corrected chi connectivity index (χ0v) is 13.6. The highest BCUT2D eigenvalue weighted by Gasteiger charge is 2.41. The second kappa shape index (κ2) is 7.03. The van der Waals surface area contributed by atoms with Crippen molar-refractivity contribution in [2.24, 2.45) is 5.92 Å². The van der Waals surface area contributed by atoms with Crippen LogP contribution in [0.4, 0.5) is 0 Å². The van der Waals surface area contributed by atoms with Gasteiger partial charge in [0.1, 0.15) is 6.04 Å². The lowest BCUT2D eigenvalue weighted by atomic mass is 10.1. The van der Waals surface area contributed by atoms with Crippen molar-refractivity contribution in [1.82, 2.24) is 9.80 Å². The summed E-state index contributed by atoms with van der Waals surface area (Å²) in [5.74, 6) is -1.56. The third-order valence-electron chi connectivity index (χ3n) is 4.90. The summed E-state index contributed by atoms with van der Waals surface area (Å²) in [4.78, 5) is 39.2. The summed E-state index contributed by atoms with van der Waals surface area (Å²) in [7, 11) is 0. The molecule has 6 nitrogen and oxygen atoms in total. The first kappa shape index (κ1) is 16.5. The van der Waals surface area contributed by atoms with Gasteiger partial charge in [0, 0.05) is 26.1 Å². The van der Waals surface area contributed by atoms with Crippen LogP contribution in [0.1, 0.15) is 24.8 Å². The summed E-state index contributed by atoms with van der Waals surface area (Å²) in [6, 6.07) is 9.19. The number of rotatable bonds is 5. The van der Waals surface area contributed by atoms with Gasteiger partial charge in [-0.15, -0.1) is 0 Å². The third-order valence-corrected chi connectivity index (χ3v) is 4.90. The summed E-state index contributed by atoms with van der Waals surface area (Å²) in [6.07, 6.45) is 2.16. The van der Waals surface area contributed by atoms with Gasteiger partial charge in [0.05, 0.1) is 5.92 Å². The zero-order chi connectivity index (χ0) is 17.1. The maximum Gasteiger partial charge on any atom is 0.326 e. The first-order chi connectivity index (χ1) is 11.6. The number of amides is 2. The smallest absolute Gasteiger partial charge is 0.326 e. The van der Waals surface area contributed by atoms with Crippen LogP contribution in [0.15, 0.2) is 30.3 Å². The largest absolute Gasteiger partial charge is 0.480 e. The molecule has 1 N–H and O–H groups in total. The Kier molecular flexibility index (Phi) is 4.83. The molecule has 1 aromatic rings. The van der Waals surface area contributed by atoms with Crippen LogP contribution in [0.3, 0.4) is 0 Å². The molecule has 6 heteroatoms. The Bertz CT molecular complexity index is 631. The normalized spacial score (nSPS) is 23.8. The molecule has 3 rings (SSSR count).